The molecule has 3 heterocycles. The number of amides is 1. The van der Waals surface area contributed by atoms with Crippen molar-refractivity contribution < 1.29 is 22.7 Å². The van der Waals surface area contributed by atoms with Crippen LogP contribution in [-0.2, 0) is 17.8 Å². The van der Waals surface area contributed by atoms with Crippen molar-refractivity contribution in [1.82, 2.24) is 15.1 Å². The van der Waals surface area contributed by atoms with Crippen LogP contribution in [0.2, 0.25) is 0 Å². The molecule has 2 aliphatic rings. The quantitative estimate of drug-likeness (QED) is 0.690. The van der Waals surface area contributed by atoms with Gasteiger partial charge in [0.15, 0.2) is 17.3 Å². The number of H-pyrrole nitrogens is 1. The van der Waals surface area contributed by atoms with E-state index in [1.807, 2.05) is 0 Å². The summed E-state index contributed by atoms with van der Waals surface area (Å²) in [7, 11) is 0. The third-order valence-electron chi connectivity index (χ3n) is 5.17. The second-order valence-corrected chi connectivity index (χ2v) is 6.89. The molecule has 0 unspecified atom stereocenters. The summed E-state index contributed by atoms with van der Waals surface area (Å²) in [4.78, 5) is 13.5. The molecule has 144 valence electrons. The van der Waals surface area contributed by atoms with E-state index in [-0.39, 0.29) is 23.9 Å². The molecule has 0 radical (unpaired) electrons. The van der Waals surface area contributed by atoms with Crippen LogP contribution in [0.1, 0.15) is 39.8 Å². The van der Waals surface area contributed by atoms with E-state index in [4.69, 9.17) is 16.2 Å². The van der Waals surface area contributed by atoms with Crippen molar-refractivity contribution in [3.05, 3.63) is 52.1 Å². The maximum atomic E-state index is 14.0. The van der Waals surface area contributed by atoms with E-state index in [0.29, 0.717) is 25.6 Å². The zero-order chi connectivity index (χ0) is 19.3. The molecular formula is C17H18F3N5O2. The van der Waals surface area contributed by atoms with Crippen LogP contribution >= 0.6 is 0 Å². The number of nitrogens with one attached hydrogen (secondary N) is 1. The number of fused-ring (bicyclic) bond motifs is 1. The fraction of sp³-hybridized carbons (Fsp3) is 0.412. The number of ether oxygens (including phenoxy) is 1. The summed E-state index contributed by atoms with van der Waals surface area (Å²) in [6, 6.07) is 0.612. The largest absolute Gasteiger partial charge is 0.370 e. The average Bonchev–Trinajstić information content (AvgIpc) is 3.18. The first-order chi connectivity index (χ1) is 12.8. The molecule has 1 saturated heterocycles. The third kappa shape index (κ3) is 3.09. The van der Waals surface area contributed by atoms with E-state index < -0.39 is 35.5 Å². The zero-order valence-electron chi connectivity index (χ0n) is 14.2. The van der Waals surface area contributed by atoms with Gasteiger partial charge in [-0.2, -0.15) is 5.10 Å². The number of rotatable bonds is 3. The molecule has 4 rings (SSSR count). The minimum atomic E-state index is -1.25. The van der Waals surface area contributed by atoms with Crippen LogP contribution in [0.5, 0.6) is 0 Å². The number of hydrogen-bond donors (Lipinski definition) is 3. The average molecular weight is 381 g/mol. The van der Waals surface area contributed by atoms with Crippen LogP contribution < -0.4 is 11.5 Å². The lowest BCUT2D eigenvalue weighted by atomic mass is 9.93. The Morgan fingerprint density at radius 1 is 1.22 bits per heavy atom. The number of primary amides is 1. The van der Waals surface area contributed by atoms with Crippen molar-refractivity contribution in [2.45, 2.75) is 37.7 Å². The Morgan fingerprint density at radius 3 is 2.67 bits per heavy atom. The smallest absolute Gasteiger partial charge is 0.269 e. The normalized spacial score (nSPS) is 25.6. The van der Waals surface area contributed by atoms with Gasteiger partial charge in [-0.25, -0.2) is 13.2 Å². The summed E-state index contributed by atoms with van der Waals surface area (Å²) in [6.45, 7) is 1.23. The van der Waals surface area contributed by atoms with Crippen molar-refractivity contribution in [3.8, 4) is 0 Å². The molecule has 27 heavy (non-hydrogen) atoms. The minimum Gasteiger partial charge on any atom is -0.370 e. The van der Waals surface area contributed by atoms with Crippen LogP contribution in [0.25, 0.3) is 0 Å². The minimum absolute atomic E-state index is 0.0777. The number of benzene rings is 1. The molecule has 1 aromatic heterocycles. The molecule has 1 aromatic carbocycles. The molecule has 0 bridgehead atoms. The molecule has 1 amide bonds. The monoisotopic (exact) mass is 381 g/mol. The highest BCUT2D eigenvalue weighted by atomic mass is 19.2. The maximum Gasteiger partial charge on any atom is 0.269 e. The number of hydrogen-bond acceptors (Lipinski definition) is 5. The maximum absolute atomic E-state index is 14.0. The number of nitrogens with two attached hydrogens (primary N) is 2. The Morgan fingerprint density at radius 2 is 1.96 bits per heavy atom. The molecular weight excluding hydrogens is 363 g/mol. The van der Waals surface area contributed by atoms with Gasteiger partial charge in [-0.3, -0.25) is 14.8 Å². The second-order valence-electron chi connectivity index (χ2n) is 6.89. The highest BCUT2D eigenvalue weighted by Gasteiger charge is 2.38. The van der Waals surface area contributed by atoms with Gasteiger partial charge in [0.25, 0.3) is 5.91 Å². The molecule has 0 aliphatic carbocycles. The summed E-state index contributed by atoms with van der Waals surface area (Å²) in [5.74, 6) is -3.88. The molecule has 0 spiro atoms. The van der Waals surface area contributed by atoms with Gasteiger partial charge in [0.2, 0.25) is 0 Å². The summed E-state index contributed by atoms with van der Waals surface area (Å²) in [5.41, 5.74) is 13.2. The van der Waals surface area contributed by atoms with E-state index in [2.05, 4.69) is 15.1 Å². The van der Waals surface area contributed by atoms with Gasteiger partial charge in [-0.05, 0) is 12.5 Å². The Hall–Kier alpha value is -2.43. The van der Waals surface area contributed by atoms with Crippen molar-refractivity contribution >= 4 is 5.91 Å². The molecule has 0 saturated carbocycles. The van der Waals surface area contributed by atoms with Crippen molar-refractivity contribution in [1.29, 1.82) is 0 Å². The molecule has 2 aromatic rings. The molecule has 7 nitrogen and oxygen atoms in total. The van der Waals surface area contributed by atoms with Crippen LogP contribution in [0, 0.1) is 17.5 Å². The highest BCUT2D eigenvalue weighted by Crippen LogP contribution is 2.34. The van der Waals surface area contributed by atoms with E-state index in [9.17, 15) is 18.0 Å². The summed E-state index contributed by atoms with van der Waals surface area (Å²) in [5, 5.41) is 6.73. The van der Waals surface area contributed by atoms with Crippen molar-refractivity contribution in [3.63, 3.8) is 0 Å². The standard InChI is InChI=1S/C17H18F3N5O2/c18-10-3-12(20)11(19)2-8(10)16-13(21)1-7(6-27-16)25-4-9-14(5-25)23-24-15(9)17(22)26/h2-3,7,13,16H,1,4-6,21H2,(H2,22,26)(H,23,24)/t7-,13+,16-/m1/s1. The lowest BCUT2D eigenvalue weighted by molar-refractivity contribution is -0.0533. The lowest BCUT2D eigenvalue weighted by Gasteiger charge is -2.38. The first-order valence-electron chi connectivity index (χ1n) is 8.46. The predicted molar refractivity (Wildman–Crippen MR) is 87.7 cm³/mol. The van der Waals surface area contributed by atoms with Crippen LogP contribution in [0.15, 0.2) is 12.1 Å². The SMILES string of the molecule is NC(=O)c1n[nH]c2c1CN([C@H]1CO[C@H](c3cc(F)c(F)cc3F)[C@@H](N)C1)C2. The molecule has 1 fully saturated rings. The highest BCUT2D eigenvalue weighted by molar-refractivity contribution is 5.92. The summed E-state index contributed by atoms with van der Waals surface area (Å²) in [6.07, 6.45) is -0.396. The third-order valence-corrected chi connectivity index (χ3v) is 5.17. The van der Waals surface area contributed by atoms with Gasteiger partial charge in [0.05, 0.1) is 12.3 Å². The van der Waals surface area contributed by atoms with Gasteiger partial charge in [-0.1, -0.05) is 0 Å². The fourth-order valence-electron chi connectivity index (χ4n) is 3.80. The summed E-state index contributed by atoms with van der Waals surface area (Å²) < 4.78 is 46.4. The second kappa shape index (κ2) is 6.63. The van der Waals surface area contributed by atoms with Crippen molar-refractivity contribution in [2.24, 2.45) is 11.5 Å². The molecule has 3 atom stereocenters. The number of carbonyl (C=O) groups is 1. The predicted octanol–water partition coefficient (Wildman–Crippen LogP) is 1.10. The zero-order valence-corrected chi connectivity index (χ0v) is 14.2. The van der Waals surface area contributed by atoms with Crippen LogP contribution in [-0.4, -0.2) is 39.7 Å². The number of nitrogens with zero attached hydrogens (tertiary/aromatic N) is 2. The van der Waals surface area contributed by atoms with Gasteiger partial charge < -0.3 is 16.2 Å². The summed E-state index contributed by atoms with van der Waals surface area (Å²) >= 11 is 0. The fourth-order valence-corrected chi connectivity index (χ4v) is 3.80. The van der Waals surface area contributed by atoms with Crippen LogP contribution in [0.4, 0.5) is 13.2 Å². The van der Waals surface area contributed by atoms with Crippen LogP contribution in [0.3, 0.4) is 0 Å². The van der Waals surface area contributed by atoms with Gasteiger partial charge in [0, 0.05) is 42.4 Å². The Labute approximate surface area is 152 Å². The van der Waals surface area contributed by atoms with Gasteiger partial charge >= 0.3 is 0 Å². The Balaban J connectivity index is 1.47. The Kier molecular flexibility index (Phi) is 4.41. The van der Waals surface area contributed by atoms with Gasteiger partial charge in [0.1, 0.15) is 11.9 Å². The number of aromatic amines is 1. The van der Waals surface area contributed by atoms with E-state index in [1.165, 1.54) is 0 Å². The van der Waals surface area contributed by atoms with E-state index >= 15 is 0 Å². The van der Waals surface area contributed by atoms with Gasteiger partial charge in [-0.15, -0.1) is 0 Å². The molecule has 10 heteroatoms. The first-order valence-corrected chi connectivity index (χ1v) is 8.46. The van der Waals surface area contributed by atoms with Crippen molar-refractivity contribution in [2.75, 3.05) is 6.61 Å². The number of aromatic nitrogens is 2. The van der Waals surface area contributed by atoms with E-state index in [0.717, 1.165) is 17.3 Å². The molecule has 5 N–H and O–H groups in total. The molecule has 2 aliphatic heterocycles. The van der Waals surface area contributed by atoms with E-state index in [1.54, 1.807) is 0 Å². The number of carbonyl (C=O) groups excluding carboxylic acids is 1. The Bertz CT molecular complexity index is 903. The number of halogens is 3. The lowest BCUT2D eigenvalue weighted by Crippen LogP contribution is -2.47. The topological polar surface area (TPSA) is 110 Å². The first kappa shape index (κ1) is 18.0.